The highest BCUT2D eigenvalue weighted by Crippen LogP contribution is 2.12. The van der Waals surface area contributed by atoms with Gasteiger partial charge >= 0.3 is 0 Å². The molecule has 0 aliphatic carbocycles. The molecule has 1 fully saturated rings. The Kier molecular flexibility index (Phi) is 4.63. The summed E-state index contributed by atoms with van der Waals surface area (Å²) in [7, 11) is 0. The molecule has 1 saturated heterocycles. The molecule has 1 aliphatic heterocycles. The first-order valence-electron chi connectivity index (χ1n) is 7.38. The lowest BCUT2D eigenvalue weighted by molar-refractivity contribution is 0.104. The third-order valence-electron chi connectivity index (χ3n) is 3.53. The van der Waals surface area contributed by atoms with Crippen LogP contribution in [0.5, 0.6) is 5.75 Å². The lowest BCUT2D eigenvalue weighted by atomic mass is 10.1. The summed E-state index contributed by atoms with van der Waals surface area (Å²) in [6.45, 7) is 2.95. The molecule has 1 aromatic carbocycles. The summed E-state index contributed by atoms with van der Waals surface area (Å²) < 4.78 is 5.30. The number of benzene rings is 1. The summed E-state index contributed by atoms with van der Waals surface area (Å²) in [5.74, 6) is 0.676. The van der Waals surface area contributed by atoms with Crippen LogP contribution in [0.2, 0.25) is 0 Å². The fourth-order valence-electron chi connectivity index (χ4n) is 2.24. The molecule has 0 unspecified atom stereocenters. The van der Waals surface area contributed by atoms with E-state index >= 15 is 0 Å². The fraction of sp³-hybridized carbons (Fsp3) is 0.235. The smallest absolute Gasteiger partial charge is 0.225 e. The highest BCUT2D eigenvalue weighted by atomic mass is 16.5. The monoisotopic (exact) mass is 311 g/mol. The minimum atomic E-state index is -0.137. The maximum absolute atomic E-state index is 12.0. The second kappa shape index (κ2) is 7.02. The van der Waals surface area contributed by atoms with Gasteiger partial charge in [-0.15, -0.1) is 0 Å². The van der Waals surface area contributed by atoms with Crippen molar-refractivity contribution in [3.8, 4) is 5.75 Å². The zero-order chi connectivity index (χ0) is 16.1. The molecule has 2 aromatic rings. The van der Waals surface area contributed by atoms with Crippen LogP contribution in [0.4, 0.5) is 5.95 Å². The molecule has 2 heterocycles. The van der Waals surface area contributed by atoms with E-state index in [9.17, 15) is 9.90 Å². The van der Waals surface area contributed by atoms with Gasteiger partial charge in [-0.1, -0.05) is 0 Å². The number of carbonyl (C=O) groups excluding carboxylic acids is 1. The summed E-state index contributed by atoms with van der Waals surface area (Å²) in [5, 5.41) is 9.22. The van der Waals surface area contributed by atoms with Crippen LogP contribution < -0.4 is 4.90 Å². The first-order valence-corrected chi connectivity index (χ1v) is 7.38. The standard InChI is InChI=1S/C17H17N3O3/c21-15-4-2-14(3-5-15)16(22)6-1-13-11-18-17(19-12-13)20-7-9-23-10-8-20/h1-6,11-12,21H,7-10H2/b6-1+. The quantitative estimate of drug-likeness (QED) is 0.687. The SMILES string of the molecule is O=C(/C=C/c1cnc(N2CCOCC2)nc1)c1ccc(O)cc1. The Morgan fingerprint density at radius 1 is 1.13 bits per heavy atom. The van der Waals surface area contributed by atoms with E-state index in [1.165, 1.54) is 18.2 Å². The number of anilines is 1. The summed E-state index contributed by atoms with van der Waals surface area (Å²) >= 11 is 0. The summed E-state index contributed by atoms with van der Waals surface area (Å²) in [5.41, 5.74) is 1.28. The van der Waals surface area contributed by atoms with Crippen LogP contribution in [-0.2, 0) is 4.74 Å². The number of aromatic hydroxyl groups is 1. The van der Waals surface area contributed by atoms with Gasteiger partial charge in [0.1, 0.15) is 5.75 Å². The van der Waals surface area contributed by atoms with Gasteiger partial charge in [-0.05, 0) is 36.4 Å². The maximum Gasteiger partial charge on any atom is 0.225 e. The number of morpholine rings is 1. The Hall–Kier alpha value is -2.73. The number of hydrogen-bond donors (Lipinski definition) is 1. The van der Waals surface area contributed by atoms with Crippen molar-refractivity contribution < 1.29 is 14.6 Å². The van der Waals surface area contributed by atoms with Crippen molar-refractivity contribution in [2.24, 2.45) is 0 Å². The van der Waals surface area contributed by atoms with E-state index in [0.29, 0.717) is 24.7 Å². The predicted molar refractivity (Wildman–Crippen MR) is 86.5 cm³/mol. The molecule has 23 heavy (non-hydrogen) atoms. The largest absolute Gasteiger partial charge is 0.508 e. The van der Waals surface area contributed by atoms with Crippen molar-refractivity contribution in [1.29, 1.82) is 0 Å². The van der Waals surface area contributed by atoms with Crippen molar-refractivity contribution in [2.75, 3.05) is 31.2 Å². The first-order chi connectivity index (χ1) is 11.2. The van der Waals surface area contributed by atoms with Gasteiger partial charge < -0.3 is 14.7 Å². The van der Waals surface area contributed by atoms with E-state index in [4.69, 9.17) is 4.74 Å². The molecule has 0 amide bonds. The number of rotatable bonds is 4. The van der Waals surface area contributed by atoms with Gasteiger partial charge in [-0.3, -0.25) is 4.79 Å². The van der Waals surface area contributed by atoms with Gasteiger partial charge in [-0.25, -0.2) is 9.97 Å². The topological polar surface area (TPSA) is 75.6 Å². The molecule has 1 aromatic heterocycles. The minimum absolute atomic E-state index is 0.137. The number of allylic oxidation sites excluding steroid dienone is 1. The normalized spacial score (nSPS) is 15.0. The lowest BCUT2D eigenvalue weighted by Crippen LogP contribution is -2.37. The Bertz CT molecular complexity index is 690. The number of nitrogens with zero attached hydrogens (tertiary/aromatic N) is 3. The van der Waals surface area contributed by atoms with Gasteiger partial charge in [-0.2, -0.15) is 0 Å². The van der Waals surface area contributed by atoms with E-state index in [1.54, 1.807) is 30.6 Å². The van der Waals surface area contributed by atoms with Crippen molar-refractivity contribution in [3.63, 3.8) is 0 Å². The molecule has 0 bridgehead atoms. The highest BCUT2D eigenvalue weighted by Gasteiger charge is 2.13. The number of phenols is 1. The zero-order valence-corrected chi connectivity index (χ0v) is 12.6. The number of phenolic OH excluding ortho intramolecular Hbond substituents is 1. The molecular formula is C17H17N3O3. The number of ether oxygens (including phenoxy) is 1. The van der Waals surface area contributed by atoms with Gasteiger partial charge in [0.2, 0.25) is 5.95 Å². The average Bonchev–Trinajstić information content (AvgIpc) is 2.61. The van der Waals surface area contributed by atoms with Crippen LogP contribution in [0.3, 0.4) is 0 Å². The lowest BCUT2D eigenvalue weighted by Gasteiger charge is -2.26. The number of carbonyl (C=O) groups is 1. The molecule has 3 rings (SSSR count). The van der Waals surface area contributed by atoms with Crippen molar-refractivity contribution >= 4 is 17.8 Å². The van der Waals surface area contributed by atoms with E-state index in [2.05, 4.69) is 14.9 Å². The zero-order valence-electron chi connectivity index (χ0n) is 12.6. The van der Waals surface area contributed by atoms with Crippen LogP contribution >= 0.6 is 0 Å². The Labute approximate surface area is 134 Å². The number of ketones is 1. The van der Waals surface area contributed by atoms with E-state index in [-0.39, 0.29) is 11.5 Å². The van der Waals surface area contributed by atoms with Crippen LogP contribution in [0, 0.1) is 0 Å². The van der Waals surface area contributed by atoms with Gasteiger partial charge in [0.25, 0.3) is 0 Å². The van der Waals surface area contributed by atoms with E-state index < -0.39 is 0 Å². The maximum atomic E-state index is 12.0. The van der Waals surface area contributed by atoms with E-state index in [1.807, 2.05) is 0 Å². The van der Waals surface area contributed by atoms with Gasteiger partial charge in [0, 0.05) is 36.6 Å². The van der Waals surface area contributed by atoms with Crippen LogP contribution in [0.1, 0.15) is 15.9 Å². The third-order valence-corrected chi connectivity index (χ3v) is 3.53. The van der Waals surface area contributed by atoms with Crippen molar-refractivity contribution in [2.45, 2.75) is 0 Å². The third kappa shape index (κ3) is 3.92. The molecule has 6 heteroatoms. The highest BCUT2D eigenvalue weighted by molar-refractivity contribution is 6.06. The fourth-order valence-corrected chi connectivity index (χ4v) is 2.24. The van der Waals surface area contributed by atoms with Crippen LogP contribution in [0.25, 0.3) is 6.08 Å². The Balaban J connectivity index is 1.65. The molecule has 6 nitrogen and oxygen atoms in total. The summed E-state index contributed by atoms with van der Waals surface area (Å²) in [6.07, 6.45) is 6.54. The predicted octanol–water partition coefficient (Wildman–Crippen LogP) is 1.91. The molecule has 1 N–H and O–H groups in total. The first kappa shape index (κ1) is 15.2. The van der Waals surface area contributed by atoms with E-state index in [0.717, 1.165) is 18.7 Å². The molecule has 0 spiro atoms. The second-order valence-electron chi connectivity index (χ2n) is 5.16. The molecule has 0 saturated carbocycles. The number of aromatic nitrogens is 2. The molecule has 0 atom stereocenters. The molecule has 0 radical (unpaired) electrons. The Morgan fingerprint density at radius 3 is 2.43 bits per heavy atom. The average molecular weight is 311 g/mol. The molecule has 1 aliphatic rings. The minimum Gasteiger partial charge on any atom is -0.508 e. The van der Waals surface area contributed by atoms with Crippen LogP contribution in [0.15, 0.2) is 42.7 Å². The molecular weight excluding hydrogens is 294 g/mol. The van der Waals surface area contributed by atoms with Crippen LogP contribution in [-0.4, -0.2) is 47.2 Å². The van der Waals surface area contributed by atoms with Crippen molar-refractivity contribution in [3.05, 3.63) is 53.9 Å². The second-order valence-corrected chi connectivity index (χ2v) is 5.16. The molecule has 118 valence electrons. The summed E-state index contributed by atoms with van der Waals surface area (Å²) in [6, 6.07) is 6.14. The van der Waals surface area contributed by atoms with Gasteiger partial charge in [0.05, 0.1) is 13.2 Å². The van der Waals surface area contributed by atoms with Crippen molar-refractivity contribution in [1.82, 2.24) is 9.97 Å². The Morgan fingerprint density at radius 2 is 1.78 bits per heavy atom. The summed E-state index contributed by atoms with van der Waals surface area (Å²) in [4.78, 5) is 22.7. The number of hydrogen-bond acceptors (Lipinski definition) is 6. The van der Waals surface area contributed by atoms with Gasteiger partial charge in [0.15, 0.2) is 5.78 Å².